The molecule has 0 bridgehead atoms. The first-order chi connectivity index (χ1) is 11.5. The molecule has 1 fully saturated rings. The Labute approximate surface area is 154 Å². The summed E-state index contributed by atoms with van der Waals surface area (Å²) in [4.78, 5) is 2.46. The van der Waals surface area contributed by atoms with Crippen LogP contribution in [-0.2, 0) is 10.0 Å². The van der Waals surface area contributed by atoms with Crippen molar-refractivity contribution >= 4 is 10.0 Å². The van der Waals surface area contributed by atoms with E-state index in [1.807, 2.05) is 0 Å². The van der Waals surface area contributed by atoms with E-state index in [9.17, 15) is 8.42 Å². The summed E-state index contributed by atoms with van der Waals surface area (Å²) in [6, 6.07) is 8.57. The lowest BCUT2D eigenvalue weighted by Gasteiger charge is -2.48. The molecular formula is C20H34N2O2S. The van der Waals surface area contributed by atoms with E-state index < -0.39 is 10.0 Å². The molecule has 1 aliphatic heterocycles. The first kappa shape index (κ1) is 20.4. The third-order valence-electron chi connectivity index (χ3n) is 5.14. The van der Waals surface area contributed by atoms with Gasteiger partial charge in [-0.25, -0.2) is 8.42 Å². The van der Waals surface area contributed by atoms with Gasteiger partial charge < -0.3 is 0 Å². The van der Waals surface area contributed by atoms with Gasteiger partial charge in [0.05, 0.1) is 5.25 Å². The van der Waals surface area contributed by atoms with Crippen molar-refractivity contribution in [1.82, 2.24) is 9.21 Å². The molecule has 0 amide bonds. The molecule has 142 valence electrons. The summed E-state index contributed by atoms with van der Waals surface area (Å²) in [5, 5.41) is -0.380. The molecule has 0 radical (unpaired) electrons. The molecule has 1 aromatic carbocycles. The second kappa shape index (κ2) is 7.37. The molecule has 0 aliphatic carbocycles. The van der Waals surface area contributed by atoms with Gasteiger partial charge in [0.25, 0.3) is 0 Å². The van der Waals surface area contributed by atoms with Gasteiger partial charge in [0.2, 0.25) is 10.0 Å². The number of benzene rings is 1. The van der Waals surface area contributed by atoms with E-state index in [1.54, 1.807) is 18.2 Å². The molecule has 0 aromatic heterocycles. The third-order valence-corrected chi connectivity index (χ3v) is 7.38. The highest BCUT2D eigenvalue weighted by Gasteiger charge is 2.40. The Morgan fingerprint density at radius 1 is 1.04 bits per heavy atom. The summed E-state index contributed by atoms with van der Waals surface area (Å²) in [5.74, 6) is 0.412. The van der Waals surface area contributed by atoms with E-state index in [2.05, 4.69) is 63.8 Å². The highest BCUT2D eigenvalue weighted by atomic mass is 32.2. The van der Waals surface area contributed by atoms with E-state index in [0.717, 1.165) is 6.54 Å². The summed E-state index contributed by atoms with van der Waals surface area (Å²) in [5.41, 5.74) is 2.56. The zero-order chi connectivity index (χ0) is 19.0. The van der Waals surface area contributed by atoms with Crippen LogP contribution < -0.4 is 0 Å². The lowest BCUT2D eigenvalue weighted by molar-refractivity contribution is 0.0342. The molecule has 1 saturated heterocycles. The molecule has 5 heteroatoms. The monoisotopic (exact) mass is 366 g/mol. The number of piperazine rings is 1. The van der Waals surface area contributed by atoms with Gasteiger partial charge in [-0.3, -0.25) is 4.90 Å². The molecule has 0 spiro atoms. The van der Waals surface area contributed by atoms with Crippen LogP contribution in [0.15, 0.2) is 24.3 Å². The van der Waals surface area contributed by atoms with E-state index in [0.29, 0.717) is 19.0 Å². The van der Waals surface area contributed by atoms with Crippen molar-refractivity contribution in [2.75, 3.05) is 19.6 Å². The topological polar surface area (TPSA) is 40.6 Å². The highest BCUT2D eigenvalue weighted by molar-refractivity contribution is 7.89. The number of sulfonamides is 1. The van der Waals surface area contributed by atoms with Gasteiger partial charge in [0, 0.05) is 31.2 Å². The van der Waals surface area contributed by atoms with E-state index in [-0.39, 0.29) is 16.8 Å². The van der Waals surface area contributed by atoms with Crippen molar-refractivity contribution in [3.05, 3.63) is 35.4 Å². The molecule has 1 unspecified atom stereocenters. The molecule has 1 aromatic rings. The predicted octanol–water partition coefficient (Wildman–Crippen LogP) is 4.01. The molecule has 0 saturated carbocycles. The standard InChI is InChI=1S/C20H34N2O2S/c1-15(2)17-10-8-9-11-18(17)19-14-21(25(23,24)16(3)4)12-13-22(19)20(5,6)7/h8-11,15-16,19H,12-14H2,1-7H3. The summed E-state index contributed by atoms with van der Waals surface area (Å²) in [6.07, 6.45) is 0. The smallest absolute Gasteiger partial charge is 0.216 e. The Hall–Kier alpha value is -0.910. The maximum Gasteiger partial charge on any atom is 0.216 e. The summed E-state index contributed by atoms with van der Waals surface area (Å²) >= 11 is 0. The minimum Gasteiger partial charge on any atom is -0.289 e. The maximum absolute atomic E-state index is 12.7. The van der Waals surface area contributed by atoms with Crippen LogP contribution in [0, 0.1) is 0 Å². The quantitative estimate of drug-likeness (QED) is 0.808. The van der Waals surface area contributed by atoms with Gasteiger partial charge in [-0.05, 0) is 51.7 Å². The molecule has 2 rings (SSSR count). The summed E-state index contributed by atoms with van der Waals surface area (Å²) < 4.78 is 27.2. The molecule has 25 heavy (non-hydrogen) atoms. The predicted molar refractivity (Wildman–Crippen MR) is 105 cm³/mol. The lowest BCUT2D eigenvalue weighted by Crippen LogP contribution is -2.57. The van der Waals surface area contributed by atoms with Gasteiger partial charge in [0.15, 0.2) is 0 Å². The second-order valence-electron chi connectivity index (χ2n) is 8.62. The largest absolute Gasteiger partial charge is 0.289 e. The Bertz CT molecular complexity index is 690. The van der Waals surface area contributed by atoms with E-state index >= 15 is 0 Å². The number of hydrogen-bond acceptors (Lipinski definition) is 3. The number of rotatable bonds is 4. The zero-order valence-corrected chi connectivity index (χ0v) is 17.6. The molecular weight excluding hydrogens is 332 g/mol. The molecule has 1 atom stereocenters. The minimum absolute atomic E-state index is 0.0115. The Kier molecular flexibility index (Phi) is 6.02. The van der Waals surface area contributed by atoms with Crippen molar-refractivity contribution < 1.29 is 8.42 Å². The van der Waals surface area contributed by atoms with Crippen molar-refractivity contribution in [2.24, 2.45) is 0 Å². The molecule has 1 heterocycles. The van der Waals surface area contributed by atoms with Crippen LogP contribution in [0.5, 0.6) is 0 Å². The fourth-order valence-corrected chi connectivity index (χ4v) is 4.98. The second-order valence-corrected chi connectivity index (χ2v) is 11.1. The van der Waals surface area contributed by atoms with Crippen LogP contribution >= 0.6 is 0 Å². The average molecular weight is 367 g/mol. The highest BCUT2D eigenvalue weighted by Crippen LogP contribution is 2.36. The van der Waals surface area contributed by atoms with Gasteiger partial charge in [-0.2, -0.15) is 4.31 Å². The van der Waals surface area contributed by atoms with Crippen molar-refractivity contribution in [3.63, 3.8) is 0 Å². The number of nitrogens with zero attached hydrogens (tertiary/aromatic N) is 2. The number of hydrogen-bond donors (Lipinski definition) is 0. The van der Waals surface area contributed by atoms with Crippen molar-refractivity contribution in [3.8, 4) is 0 Å². The first-order valence-electron chi connectivity index (χ1n) is 9.30. The van der Waals surface area contributed by atoms with E-state index in [1.165, 1.54) is 11.1 Å². The molecule has 4 nitrogen and oxygen atoms in total. The van der Waals surface area contributed by atoms with Crippen molar-refractivity contribution in [1.29, 1.82) is 0 Å². The van der Waals surface area contributed by atoms with Crippen LogP contribution in [-0.4, -0.2) is 48.0 Å². The first-order valence-corrected chi connectivity index (χ1v) is 10.8. The Balaban J connectivity index is 2.48. The fraction of sp³-hybridized carbons (Fsp3) is 0.700. The van der Waals surface area contributed by atoms with Crippen LogP contribution in [0.2, 0.25) is 0 Å². The van der Waals surface area contributed by atoms with Crippen LogP contribution in [0.25, 0.3) is 0 Å². The van der Waals surface area contributed by atoms with Crippen LogP contribution in [0.4, 0.5) is 0 Å². The van der Waals surface area contributed by atoms with Gasteiger partial charge >= 0.3 is 0 Å². The minimum atomic E-state index is -3.24. The van der Waals surface area contributed by atoms with Gasteiger partial charge in [-0.15, -0.1) is 0 Å². The Morgan fingerprint density at radius 2 is 1.64 bits per heavy atom. The molecule has 0 N–H and O–H groups in total. The summed E-state index contributed by atoms with van der Waals surface area (Å²) in [6.45, 7) is 16.4. The Morgan fingerprint density at radius 3 is 2.16 bits per heavy atom. The normalized spacial score (nSPS) is 21.2. The summed E-state index contributed by atoms with van der Waals surface area (Å²) in [7, 11) is -3.24. The third kappa shape index (κ3) is 4.26. The fourth-order valence-electron chi connectivity index (χ4n) is 3.70. The average Bonchev–Trinajstić information content (AvgIpc) is 2.53. The van der Waals surface area contributed by atoms with Crippen LogP contribution in [0.1, 0.15) is 71.6 Å². The maximum atomic E-state index is 12.7. The van der Waals surface area contributed by atoms with Crippen LogP contribution in [0.3, 0.4) is 0 Å². The zero-order valence-electron chi connectivity index (χ0n) is 16.8. The van der Waals surface area contributed by atoms with E-state index in [4.69, 9.17) is 0 Å². The van der Waals surface area contributed by atoms with Gasteiger partial charge in [0.1, 0.15) is 0 Å². The lowest BCUT2D eigenvalue weighted by atomic mass is 9.89. The SMILES string of the molecule is CC(C)c1ccccc1C1CN(S(=O)(=O)C(C)C)CCN1C(C)(C)C. The van der Waals surface area contributed by atoms with Gasteiger partial charge in [-0.1, -0.05) is 38.1 Å². The molecule has 1 aliphatic rings. The van der Waals surface area contributed by atoms with Crippen molar-refractivity contribution in [2.45, 2.75) is 71.2 Å².